The fraction of sp³-hybridized carbons (Fsp3) is 0.188. The zero-order chi connectivity index (χ0) is 15.4. The number of urea groups is 1. The summed E-state index contributed by atoms with van der Waals surface area (Å²) in [5, 5.41) is 2.73. The maximum atomic E-state index is 12.0. The van der Waals surface area contributed by atoms with E-state index in [1.54, 1.807) is 47.5 Å². The molecule has 2 aromatic rings. The van der Waals surface area contributed by atoms with E-state index in [9.17, 15) is 9.59 Å². The quantitative estimate of drug-likeness (QED) is 0.876. The third kappa shape index (κ3) is 3.06. The summed E-state index contributed by atoms with van der Waals surface area (Å²) in [4.78, 5) is 29.3. The van der Waals surface area contributed by atoms with E-state index in [0.717, 1.165) is 5.69 Å². The van der Waals surface area contributed by atoms with Gasteiger partial charge >= 0.3 is 12.0 Å². The van der Waals surface area contributed by atoms with Crippen LogP contribution in [0.25, 0.3) is 0 Å². The van der Waals surface area contributed by atoms with Gasteiger partial charge in [0, 0.05) is 25.0 Å². The summed E-state index contributed by atoms with van der Waals surface area (Å²) < 4.78 is 5.21. The number of pyridine rings is 1. The van der Waals surface area contributed by atoms with Crippen LogP contribution in [-0.4, -0.2) is 30.1 Å². The van der Waals surface area contributed by atoms with E-state index < -0.39 is 5.97 Å². The van der Waals surface area contributed by atoms with Crippen LogP contribution in [-0.2, 0) is 11.3 Å². The molecule has 2 amide bonds. The van der Waals surface area contributed by atoms with E-state index in [0.29, 0.717) is 24.3 Å². The molecule has 0 radical (unpaired) electrons. The molecule has 1 aromatic carbocycles. The molecule has 22 heavy (non-hydrogen) atoms. The summed E-state index contributed by atoms with van der Waals surface area (Å²) in [6.07, 6.45) is 1.65. The molecule has 1 fully saturated rings. The number of ether oxygens (including phenoxy) is 1. The van der Waals surface area contributed by atoms with Crippen molar-refractivity contribution in [3.05, 3.63) is 59.9 Å². The maximum absolute atomic E-state index is 12.0. The fourth-order valence-electron chi connectivity index (χ4n) is 2.20. The number of benzene rings is 1. The van der Waals surface area contributed by atoms with E-state index in [2.05, 4.69) is 10.3 Å². The molecule has 0 bridgehead atoms. The monoisotopic (exact) mass is 297 g/mol. The maximum Gasteiger partial charge on any atom is 0.338 e. The second kappa shape index (κ2) is 6.26. The summed E-state index contributed by atoms with van der Waals surface area (Å²) in [5.74, 6) is -0.414. The Labute approximate surface area is 127 Å². The minimum Gasteiger partial charge on any atom is -0.456 e. The van der Waals surface area contributed by atoms with Gasteiger partial charge in [0.15, 0.2) is 0 Å². The lowest BCUT2D eigenvalue weighted by molar-refractivity contribution is 0.0468. The van der Waals surface area contributed by atoms with Gasteiger partial charge in [-0.1, -0.05) is 6.07 Å². The fourth-order valence-corrected chi connectivity index (χ4v) is 2.20. The molecule has 6 nitrogen and oxygen atoms in total. The van der Waals surface area contributed by atoms with Gasteiger partial charge < -0.3 is 10.1 Å². The standard InChI is InChI=1S/C16H15N3O3/c20-15(22-11-13-3-1-2-8-17-13)12-4-6-14(7-5-12)19-10-9-18-16(19)21/h1-8H,9-11H2,(H,18,21). The minimum atomic E-state index is -0.414. The predicted molar refractivity (Wildman–Crippen MR) is 80.5 cm³/mol. The second-order valence-electron chi connectivity index (χ2n) is 4.83. The number of aromatic nitrogens is 1. The first-order valence-electron chi connectivity index (χ1n) is 6.96. The van der Waals surface area contributed by atoms with Gasteiger partial charge in [0.2, 0.25) is 0 Å². The first kappa shape index (κ1) is 14.1. The lowest BCUT2D eigenvalue weighted by Crippen LogP contribution is -2.27. The summed E-state index contributed by atoms with van der Waals surface area (Å²) in [5.41, 5.74) is 1.90. The molecule has 1 N–H and O–H groups in total. The van der Waals surface area contributed by atoms with Gasteiger partial charge in [-0.15, -0.1) is 0 Å². The van der Waals surface area contributed by atoms with Crippen LogP contribution < -0.4 is 10.2 Å². The van der Waals surface area contributed by atoms with Crippen molar-refractivity contribution in [1.82, 2.24) is 10.3 Å². The molecule has 1 aliphatic heterocycles. The molecule has 2 heterocycles. The second-order valence-corrected chi connectivity index (χ2v) is 4.83. The Balaban J connectivity index is 1.62. The summed E-state index contributed by atoms with van der Waals surface area (Å²) in [7, 11) is 0. The number of carbonyl (C=O) groups excluding carboxylic acids is 2. The largest absolute Gasteiger partial charge is 0.456 e. The minimum absolute atomic E-state index is 0.120. The number of nitrogens with zero attached hydrogens (tertiary/aromatic N) is 2. The summed E-state index contributed by atoms with van der Waals surface area (Å²) >= 11 is 0. The zero-order valence-electron chi connectivity index (χ0n) is 11.9. The number of esters is 1. The van der Waals surface area contributed by atoms with Crippen molar-refractivity contribution >= 4 is 17.7 Å². The van der Waals surface area contributed by atoms with Crippen LogP contribution in [0.5, 0.6) is 0 Å². The molecule has 0 atom stereocenters. The third-order valence-corrected chi connectivity index (χ3v) is 3.35. The number of hydrogen-bond donors (Lipinski definition) is 1. The molecule has 112 valence electrons. The number of nitrogens with one attached hydrogen (secondary N) is 1. The van der Waals surface area contributed by atoms with Crippen molar-refractivity contribution in [3.63, 3.8) is 0 Å². The van der Waals surface area contributed by atoms with Crippen LogP contribution in [0.15, 0.2) is 48.7 Å². The molecule has 1 aliphatic rings. The van der Waals surface area contributed by atoms with E-state index in [1.165, 1.54) is 0 Å². The highest BCUT2D eigenvalue weighted by molar-refractivity contribution is 5.95. The Hall–Kier alpha value is -2.89. The SMILES string of the molecule is O=C(OCc1ccccn1)c1ccc(N2CCNC2=O)cc1. The lowest BCUT2D eigenvalue weighted by Gasteiger charge is -2.14. The highest BCUT2D eigenvalue weighted by atomic mass is 16.5. The van der Waals surface area contributed by atoms with E-state index >= 15 is 0 Å². The van der Waals surface area contributed by atoms with Gasteiger partial charge in [-0.05, 0) is 36.4 Å². The Kier molecular flexibility index (Phi) is 4.00. The van der Waals surface area contributed by atoms with Gasteiger partial charge in [-0.25, -0.2) is 9.59 Å². The number of carbonyl (C=O) groups is 2. The zero-order valence-corrected chi connectivity index (χ0v) is 11.9. The molecule has 6 heteroatoms. The molecule has 0 saturated carbocycles. The number of anilines is 1. The topological polar surface area (TPSA) is 71.5 Å². The van der Waals surface area contributed by atoms with Crippen molar-refractivity contribution < 1.29 is 14.3 Å². The smallest absolute Gasteiger partial charge is 0.338 e. The van der Waals surface area contributed by atoms with Crippen molar-refractivity contribution in [2.45, 2.75) is 6.61 Å². The molecule has 1 saturated heterocycles. The highest BCUT2D eigenvalue weighted by Gasteiger charge is 2.21. The Bertz CT molecular complexity index is 671. The van der Waals surface area contributed by atoms with E-state index in [4.69, 9.17) is 4.74 Å². The van der Waals surface area contributed by atoms with Crippen LogP contribution in [0.4, 0.5) is 10.5 Å². The molecular formula is C16H15N3O3. The number of rotatable bonds is 4. The van der Waals surface area contributed by atoms with Crippen LogP contribution in [0, 0.1) is 0 Å². The summed E-state index contributed by atoms with van der Waals surface area (Å²) in [6.45, 7) is 1.39. The summed E-state index contributed by atoms with van der Waals surface area (Å²) in [6, 6.07) is 12.1. The Morgan fingerprint density at radius 2 is 2.05 bits per heavy atom. The van der Waals surface area contributed by atoms with Crippen molar-refractivity contribution in [3.8, 4) is 0 Å². The molecule has 3 rings (SSSR count). The first-order valence-corrected chi connectivity index (χ1v) is 6.96. The average molecular weight is 297 g/mol. The highest BCUT2D eigenvalue weighted by Crippen LogP contribution is 2.17. The van der Waals surface area contributed by atoms with Crippen molar-refractivity contribution in [2.24, 2.45) is 0 Å². The van der Waals surface area contributed by atoms with E-state index in [-0.39, 0.29) is 12.6 Å². The predicted octanol–water partition coefficient (Wildman–Crippen LogP) is 1.97. The van der Waals surface area contributed by atoms with Crippen LogP contribution in [0.3, 0.4) is 0 Å². The van der Waals surface area contributed by atoms with Crippen LogP contribution in [0.2, 0.25) is 0 Å². The van der Waals surface area contributed by atoms with Crippen molar-refractivity contribution in [1.29, 1.82) is 0 Å². The Morgan fingerprint density at radius 3 is 2.68 bits per heavy atom. The number of amides is 2. The van der Waals surface area contributed by atoms with Gasteiger partial charge in [-0.2, -0.15) is 0 Å². The van der Waals surface area contributed by atoms with Gasteiger partial charge in [0.1, 0.15) is 6.61 Å². The molecule has 0 spiro atoms. The van der Waals surface area contributed by atoms with Gasteiger partial charge in [-0.3, -0.25) is 9.88 Å². The van der Waals surface area contributed by atoms with E-state index in [1.807, 2.05) is 6.07 Å². The molecule has 0 unspecified atom stereocenters. The lowest BCUT2D eigenvalue weighted by atomic mass is 10.2. The molecule has 1 aromatic heterocycles. The molecular weight excluding hydrogens is 282 g/mol. The van der Waals surface area contributed by atoms with Crippen LogP contribution in [0.1, 0.15) is 16.1 Å². The average Bonchev–Trinajstić information content (AvgIpc) is 3.00. The Morgan fingerprint density at radius 1 is 1.23 bits per heavy atom. The van der Waals surface area contributed by atoms with Gasteiger partial charge in [0.05, 0.1) is 11.3 Å². The molecule has 0 aliphatic carbocycles. The third-order valence-electron chi connectivity index (χ3n) is 3.35. The number of hydrogen-bond acceptors (Lipinski definition) is 4. The normalized spacial score (nSPS) is 13.8. The van der Waals surface area contributed by atoms with Gasteiger partial charge in [0.25, 0.3) is 0 Å². The van der Waals surface area contributed by atoms with Crippen LogP contribution >= 0.6 is 0 Å². The van der Waals surface area contributed by atoms with Crippen molar-refractivity contribution in [2.75, 3.05) is 18.0 Å². The first-order chi connectivity index (χ1) is 10.7.